The van der Waals surface area contributed by atoms with Crippen LogP contribution in [0.1, 0.15) is 11.4 Å². The molecule has 66 valence electrons. The van der Waals surface area contributed by atoms with Crippen LogP contribution in [0, 0.1) is 13.8 Å². The molecular formula is C10H11N3. The number of nitrogens with zero attached hydrogens (tertiary/aromatic N) is 2. The second kappa shape index (κ2) is 3.01. The first-order valence-electron chi connectivity index (χ1n) is 4.20. The number of aromatic nitrogens is 3. The lowest BCUT2D eigenvalue weighted by Crippen LogP contribution is -1.83. The van der Waals surface area contributed by atoms with Gasteiger partial charge in [-0.05, 0) is 25.5 Å². The first-order valence-corrected chi connectivity index (χ1v) is 4.20. The lowest BCUT2D eigenvalue weighted by atomic mass is 10.2. The van der Waals surface area contributed by atoms with Crippen LogP contribution in [-0.2, 0) is 0 Å². The van der Waals surface area contributed by atoms with Crippen molar-refractivity contribution in [1.29, 1.82) is 0 Å². The maximum absolute atomic E-state index is 4.29. The van der Waals surface area contributed by atoms with E-state index in [9.17, 15) is 0 Å². The fraction of sp³-hybridized carbons (Fsp3) is 0.200. The summed E-state index contributed by atoms with van der Waals surface area (Å²) in [6.45, 7) is 3.95. The number of H-pyrrole nitrogens is 1. The van der Waals surface area contributed by atoms with Gasteiger partial charge in [0.1, 0.15) is 5.82 Å². The van der Waals surface area contributed by atoms with E-state index >= 15 is 0 Å². The van der Waals surface area contributed by atoms with Gasteiger partial charge < -0.3 is 4.98 Å². The third-order valence-electron chi connectivity index (χ3n) is 1.89. The lowest BCUT2D eigenvalue weighted by molar-refractivity contribution is 1.14. The van der Waals surface area contributed by atoms with Crippen molar-refractivity contribution in [3.05, 3.63) is 35.9 Å². The molecule has 2 aromatic rings. The Balaban J connectivity index is 2.41. The Labute approximate surface area is 76.9 Å². The van der Waals surface area contributed by atoms with Crippen molar-refractivity contribution in [2.75, 3.05) is 0 Å². The number of pyridine rings is 1. The van der Waals surface area contributed by atoms with E-state index < -0.39 is 0 Å². The van der Waals surface area contributed by atoms with Crippen molar-refractivity contribution in [2.45, 2.75) is 13.8 Å². The first-order chi connectivity index (χ1) is 6.25. The van der Waals surface area contributed by atoms with Crippen LogP contribution in [0.3, 0.4) is 0 Å². The summed E-state index contributed by atoms with van der Waals surface area (Å²) < 4.78 is 0. The number of imidazole rings is 1. The summed E-state index contributed by atoms with van der Waals surface area (Å²) in [5.74, 6) is 0.914. The largest absolute Gasteiger partial charge is 0.341 e. The Kier molecular flexibility index (Phi) is 1.85. The number of nitrogens with one attached hydrogen (secondary N) is 1. The molecule has 0 bridgehead atoms. The summed E-state index contributed by atoms with van der Waals surface area (Å²) >= 11 is 0. The molecule has 0 saturated carbocycles. The van der Waals surface area contributed by atoms with Crippen LogP contribution >= 0.6 is 0 Å². The maximum Gasteiger partial charge on any atom is 0.103 e. The van der Waals surface area contributed by atoms with E-state index in [0.29, 0.717) is 0 Å². The highest BCUT2D eigenvalue weighted by molar-refractivity contribution is 5.52. The maximum atomic E-state index is 4.29. The molecule has 0 radical (unpaired) electrons. The van der Waals surface area contributed by atoms with Gasteiger partial charge in [-0.1, -0.05) is 6.07 Å². The third kappa shape index (κ3) is 1.59. The SMILES string of the molecule is Cc1ccc(-c2cnc(C)[nH]2)nc1. The van der Waals surface area contributed by atoms with E-state index in [0.717, 1.165) is 17.2 Å². The fourth-order valence-electron chi connectivity index (χ4n) is 1.18. The van der Waals surface area contributed by atoms with Crippen molar-refractivity contribution >= 4 is 0 Å². The van der Waals surface area contributed by atoms with E-state index in [1.54, 1.807) is 6.20 Å². The molecule has 0 saturated heterocycles. The Morgan fingerprint density at radius 1 is 1.08 bits per heavy atom. The monoisotopic (exact) mass is 173 g/mol. The Hall–Kier alpha value is -1.64. The summed E-state index contributed by atoms with van der Waals surface area (Å²) in [6.07, 6.45) is 3.65. The molecule has 2 rings (SSSR count). The van der Waals surface area contributed by atoms with Gasteiger partial charge in [-0.15, -0.1) is 0 Å². The Morgan fingerprint density at radius 2 is 1.92 bits per heavy atom. The van der Waals surface area contributed by atoms with Gasteiger partial charge in [0, 0.05) is 6.20 Å². The highest BCUT2D eigenvalue weighted by Gasteiger charge is 2.00. The normalized spacial score (nSPS) is 10.3. The average molecular weight is 173 g/mol. The second-order valence-corrected chi connectivity index (χ2v) is 3.10. The van der Waals surface area contributed by atoms with Gasteiger partial charge in [-0.2, -0.15) is 0 Å². The van der Waals surface area contributed by atoms with Crippen molar-refractivity contribution in [1.82, 2.24) is 15.0 Å². The minimum Gasteiger partial charge on any atom is -0.341 e. The molecule has 0 atom stereocenters. The first kappa shape index (κ1) is 7.98. The zero-order valence-electron chi connectivity index (χ0n) is 7.70. The highest BCUT2D eigenvalue weighted by atomic mass is 14.9. The zero-order valence-corrected chi connectivity index (χ0v) is 7.70. The molecule has 0 fully saturated rings. The third-order valence-corrected chi connectivity index (χ3v) is 1.89. The van der Waals surface area contributed by atoms with Crippen LogP contribution in [-0.4, -0.2) is 15.0 Å². The van der Waals surface area contributed by atoms with E-state index in [2.05, 4.69) is 15.0 Å². The molecule has 3 nitrogen and oxygen atoms in total. The predicted molar refractivity (Wildman–Crippen MR) is 51.3 cm³/mol. The molecule has 1 N–H and O–H groups in total. The smallest absolute Gasteiger partial charge is 0.103 e. The Morgan fingerprint density at radius 3 is 2.46 bits per heavy atom. The van der Waals surface area contributed by atoms with E-state index in [1.165, 1.54) is 5.56 Å². The van der Waals surface area contributed by atoms with Gasteiger partial charge in [0.05, 0.1) is 17.6 Å². The summed E-state index contributed by atoms with van der Waals surface area (Å²) in [4.78, 5) is 11.5. The number of aromatic amines is 1. The van der Waals surface area contributed by atoms with Crippen molar-refractivity contribution in [2.24, 2.45) is 0 Å². The Bertz CT molecular complexity index is 400. The molecule has 0 amide bonds. The lowest BCUT2D eigenvalue weighted by Gasteiger charge is -1.96. The van der Waals surface area contributed by atoms with E-state index in [-0.39, 0.29) is 0 Å². The molecule has 3 heteroatoms. The molecule has 2 heterocycles. The molecule has 0 aromatic carbocycles. The average Bonchev–Trinajstić information content (AvgIpc) is 2.53. The van der Waals surface area contributed by atoms with Crippen LogP contribution in [0.5, 0.6) is 0 Å². The molecule has 0 aliphatic rings. The number of hydrogen-bond acceptors (Lipinski definition) is 2. The topological polar surface area (TPSA) is 41.6 Å². The van der Waals surface area contributed by atoms with Gasteiger partial charge in [-0.25, -0.2) is 4.98 Å². The van der Waals surface area contributed by atoms with Crippen LogP contribution < -0.4 is 0 Å². The van der Waals surface area contributed by atoms with E-state index in [4.69, 9.17) is 0 Å². The van der Waals surface area contributed by atoms with Gasteiger partial charge in [-0.3, -0.25) is 4.98 Å². The van der Waals surface area contributed by atoms with Crippen LogP contribution in [0.15, 0.2) is 24.5 Å². The molecule has 0 aliphatic heterocycles. The summed E-state index contributed by atoms with van der Waals surface area (Å²) in [7, 11) is 0. The minimum atomic E-state index is 0.914. The van der Waals surface area contributed by atoms with Crippen LogP contribution in [0.2, 0.25) is 0 Å². The van der Waals surface area contributed by atoms with Crippen molar-refractivity contribution < 1.29 is 0 Å². The molecule has 0 aliphatic carbocycles. The summed E-state index contributed by atoms with van der Waals surface area (Å²) in [6, 6.07) is 4.03. The van der Waals surface area contributed by atoms with Gasteiger partial charge in [0.15, 0.2) is 0 Å². The predicted octanol–water partition coefficient (Wildman–Crippen LogP) is 2.09. The van der Waals surface area contributed by atoms with Crippen LogP contribution in [0.25, 0.3) is 11.4 Å². The summed E-state index contributed by atoms with van der Waals surface area (Å²) in [5.41, 5.74) is 3.07. The fourth-order valence-corrected chi connectivity index (χ4v) is 1.18. The molecular weight excluding hydrogens is 162 g/mol. The molecule has 2 aromatic heterocycles. The number of aryl methyl sites for hydroxylation is 2. The van der Waals surface area contributed by atoms with Gasteiger partial charge in [0.2, 0.25) is 0 Å². The zero-order chi connectivity index (χ0) is 9.26. The molecule has 0 unspecified atom stereocenters. The quantitative estimate of drug-likeness (QED) is 0.717. The minimum absolute atomic E-state index is 0.914. The summed E-state index contributed by atoms with van der Waals surface area (Å²) in [5, 5.41) is 0. The van der Waals surface area contributed by atoms with Gasteiger partial charge >= 0.3 is 0 Å². The standard InChI is InChI=1S/C10H11N3/c1-7-3-4-9(12-5-7)10-6-11-8(2)13-10/h3-6H,1-2H3,(H,11,13). The molecule has 13 heavy (non-hydrogen) atoms. The highest BCUT2D eigenvalue weighted by Crippen LogP contribution is 2.13. The van der Waals surface area contributed by atoms with Crippen molar-refractivity contribution in [3.8, 4) is 11.4 Å². The van der Waals surface area contributed by atoms with Crippen molar-refractivity contribution in [3.63, 3.8) is 0 Å². The number of rotatable bonds is 1. The number of hydrogen-bond donors (Lipinski definition) is 1. The second-order valence-electron chi connectivity index (χ2n) is 3.10. The van der Waals surface area contributed by atoms with E-state index in [1.807, 2.05) is 32.2 Å². The van der Waals surface area contributed by atoms with Gasteiger partial charge in [0.25, 0.3) is 0 Å². The van der Waals surface area contributed by atoms with Crippen LogP contribution in [0.4, 0.5) is 0 Å². The molecule has 0 spiro atoms.